The van der Waals surface area contributed by atoms with Gasteiger partial charge in [0.05, 0.1) is 17.8 Å². The molecule has 1 rings (SSSR count). The number of methoxy groups -OCH3 is 1. The van der Waals surface area contributed by atoms with E-state index in [4.69, 9.17) is 17.3 Å². The normalized spacial score (nSPS) is 9.82. The fourth-order valence-electron chi connectivity index (χ4n) is 1.23. The fraction of sp³-hybridized carbons (Fsp3) is 0.273. The molecule has 17 heavy (non-hydrogen) atoms. The summed E-state index contributed by atoms with van der Waals surface area (Å²) in [6, 6.07) is 4.56. The van der Waals surface area contributed by atoms with Crippen LogP contribution in [-0.2, 0) is 9.53 Å². The maximum absolute atomic E-state index is 11.9. The van der Waals surface area contributed by atoms with Crippen LogP contribution in [-0.4, -0.2) is 37.5 Å². The topological polar surface area (TPSA) is 72.6 Å². The van der Waals surface area contributed by atoms with E-state index in [0.29, 0.717) is 16.3 Å². The van der Waals surface area contributed by atoms with E-state index < -0.39 is 5.97 Å². The standard InChI is InChI=1S/C11H13ClN2O3/c1-14(6-10(15)17-2)11(16)7-3-4-8(12)9(13)5-7/h3-5H,6,13H2,1-2H3. The monoisotopic (exact) mass is 256 g/mol. The number of nitrogens with two attached hydrogens (primary N) is 1. The van der Waals surface area contributed by atoms with Crippen LogP contribution in [0.4, 0.5) is 5.69 Å². The van der Waals surface area contributed by atoms with E-state index in [-0.39, 0.29) is 12.5 Å². The number of likely N-dealkylation sites (N-methyl/N-ethyl adjacent to an activating group) is 1. The number of hydrogen-bond acceptors (Lipinski definition) is 4. The van der Waals surface area contributed by atoms with Crippen molar-refractivity contribution in [2.75, 3.05) is 26.4 Å². The lowest BCUT2D eigenvalue weighted by atomic mass is 10.2. The number of rotatable bonds is 3. The molecule has 0 fully saturated rings. The minimum absolute atomic E-state index is 0.113. The molecule has 0 radical (unpaired) electrons. The van der Waals surface area contributed by atoms with Gasteiger partial charge in [-0.1, -0.05) is 11.6 Å². The SMILES string of the molecule is COC(=O)CN(C)C(=O)c1ccc(Cl)c(N)c1. The van der Waals surface area contributed by atoms with Crippen LogP contribution in [0.1, 0.15) is 10.4 Å². The van der Waals surface area contributed by atoms with E-state index in [1.54, 1.807) is 6.07 Å². The smallest absolute Gasteiger partial charge is 0.325 e. The summed E-state index contributed by atoms with van der Waals surface area (Å²) in [6.45, 7) is -0.113. The average molecular weight is 257 g/mol. The average Bonchev–Trinajstić information content (AvgIpc) is 2.31. The molecule has 1 aromatic carbocycles. The van der Waals surface area contributed by atoms with Crippen LogP contribution in [0.2, 0.25) is 5.02 Å². The molecule has 0 saturated heterocycles. The van der Waals surface area contributed by atoms with Crippen molar-refractivity contribution >= 4 is 29.2 Å². The Morgan fingerprint density at radius 3 is 2.65 bits per heavy atom. The van der Waals surface area contributed by atoms with Crippen LogP contribution in [0, 0.1) is 0 Å². The Morgan fingerprint density at radius 2 is 2.12 bits per heavy atom. The summed E-state index contributed by atoms with van der Waals surface area (Å²) in [6.07, 6.45) is 0. The third kappa shape index (κ3) is 3.35. The number of hydrogen-bond donors (Lipinski definition) is 1. The maximum Gasteiger partial charge on any atom is 0.325 e. The highest BCUT2D eigenvalue weighted by Gasteiger charge is 2.15. The molecular formula is C11H13ClN2O3. The lowest BCUT2D eigenvalue weighted by molar-refractivity contribution is -0.141. The maximum atomic E-state index is 11.9. The first-order valence-corrected chi connectivity index (χ1v) is 5.20. The van der Waals surface area contributed by atoms with Gasteiger partial charge in [-0.25, -0.2) is 0 Å². The van der Waals surface area contributed by atoms with Gasteiger partial charge in [-0.05, 0) is 18.2 Å². The number of carbonyl (C=O) groups is 2. The van der Waals surface area contributed by atoms with Crippen LogP contribution in [0.3, 0.4) is 0 Å². The molecule has 5 nitrogen and oxygen atoms in total. The van der Waals surface area contributed by atoms with E-state index in [1.807, 2.05) is 0 Å². The van der Waals surface area contributed by atoms with Crippen LogP contribution >= 0.6 is 11.6 Å². The molecular weight excluding hydrogens is 244 g/mol. The van der Waals surface area contributed by atoms with Gasteiger partial charge in [0.25, 0.3) is 5.91 Å². The summed E-state index contributed by atoms with van der Waals surface area (Å²) in [5.41, 5.74) is 6.29. The number of carbonyl (C=O) groups excluding carboxylic acids is 2. The van der Waals surface area contributed by atoms with E-state index in [2.05, 4.69) is 4.74 Å². The Bertz CT molecular complexity index is 448. The number of esters is 1. The number of nitrogen functional groups attached to an aromatic ring is 1. The molecule has 0 spiro atoms. The van der Waals surface area contributed by atoms with Crippen molar-refractivity contribution in [1.82, 2.24) is 4.90 Å². The van der Waals surface area contributed by atoms with Crippen LogP contribution in [0.25, 0.3) is 0 Å². The zero-order valence-corrected chi connectivity index (χ0v) is 10.3. The first kappa shape index (κ1) is 13.3. The molecule has 0 aliphatic rings. The van der Waals surface area contributed by atoms with Crippen molar-refractivity contribution in [1.29, 1.82) is 0 Å². The Labute approximate surface area is 104 Å². The first-order valence-electron chi connectivity index (χ1n) is 4.83. The number of ether oxygens (including phenoxy) is 1. The van der Waals surface area contributed by atoms with Gasteiger partial charge in [0.2, 0.25) is 0 Å². The molecule has 0 aliphatic carbocycles. The Morgan fingerprint density at radius 1 is 1.47 bits per heavy atom. The molecule has 92 valence electrons. The van der Waals surface area contributed by atoms with Crippen LogP contribution < -0.4 is 5.73 Å². The summed E-state index contributed by atoms with van der Waals surface area (Å²) in [5, 5.41) is 0.386. The second-order valence-corrected chi connectivity index (χ2v) is 3.88. The lowest BCUT2D eigenvalue weighted by Crippen LogP contribution is -2.32. The highest BCUT2D eigenvalue weighted by molar-refractivity contribution is 6.33. The van der Waals surface area contributed by atoms with Gasteiger partial charge < -0.3 is 15.4 Å². The predicted octanol–water partition coefficient (Wildman–Crippen LogP) is 1.17. The Balaban J connectivity index is 2.81. The largest absolute Gasteiger partial charge is 0.468 e. The summed E-state index contributed by atoms with van der Waals surface area (Å²) in [7, 11) is 2.77. The Hall–Kier alpha value is -1.75. The molecule has 0 atom stereocenters. The lowest BCUT2D eigenvalue weighted by Gasteiger charge is -2.15. The summed E-state index contributed by atoms with van der Waals surface area (Å²) >= 11 is 5.75. The summed E-state index contributed by atoms with van der Waals surface area (Å²) in [5.74, 6) is -0.804. The van der Waals surface area contributed by atoms with Gasteiger partial charge >= 0.3 is 5.97 Å². The highest BCUT2D eigenvalue weighted by Crippen LogP contribution is 2.20. The van der Waals surface area contributed by atoms with Crippen LogP contribution in [0.5, 0.6) is 0 Å². The third-order valence-electron chi connectivity index (χ3n) is 2.18. The number of amides is 1. The third-order valence-corrected chi connectivity index (χ3v) is 2.53. The van der Waals surface area contributed by atoms with Crippen molar-refractivity contribution in [2.45, 2.75) is 0 Å². The van der Waals surface area contributed by atoms with Gasteiger partial charge in [0.15, 0.2) is 0 Å². The quantitative estimate of drug-likeness (QED) is 0.651. The fourth-order valence-corrected chi connectivity index (χ4v) is 1.34. The minimum atomic E-state index is -0.484. The number of anilines is 1. The molecule has 0 bridgehead atoms. The van der Waals surface area contributed by atoms with E-state index in [1.165, 1.54) is 31.2 Å². The molecule has 0 heterocycles. The highest BCUT2D eigenvalue weighted by atomic mass is 35.5. The van der Waals surface area contributed by atoms with Gasteiger partial charge in [-0.3, -0.25) is 9.59 Å². The van der Waals surface area contributed by atoms with Crippen molar-refractivity contribution in [2.24, 2.45) is 0 Å². The zero-order valence-electron chi connectivity index (χ0n) is 9.57. The second-order valence-electron chi connectivity index (χ2n) is 3.47. The molecule has 0 unspecified atom stereocenters. The molecule has 1 aromatic rings. The molecule has 1 amide bonds. The molecule has 6 heteroatoms. The van der Waals surface area contributed by atoms with Gasteiger partial charge in [-0.2, -0.15) is 0 Å². The van der Waals surface area contributed by atoms with Gasteiger partial charge in [0, 0.05) is 12.6 Å². The molecule has 0 saturated carbocycles. The summed E-state index contributed by atoms with van der Waals surface area (Å²) < 4.78 is 4.47. The van der Waals surface area contributed by atoms with Crippen molar-refractivity contribution in [3.05, 3.63) is 28.8 Å². The van der Waals surface area contributed by atoms with Crippen LogP contribution in [0.15, 0.2) is 18.2 Å². The molecule has 2 N–H and O–H groups in total. The number of benzene rings is 1. The van der Waals surface area contributed by atoms with Gasteiger partial charge in [0.1, 0.15) is 6.54 Å². The van der Waals surface area contributed by atoms with E-state index in [0.717, 1.165) is 0 Å². The minimum Gasteiger partial charge on any atom is -0.468 e. The predicted molar refractivity (Wildman–Crippen MR) is 64.8 cm³/mol. The number of halogens is 1. The number of nitrogens with zero attached hydrogens (tertiary/aromatic N) is 1. The van der Waals surface area contributed by atoms with E-state index >= 15 is 0 Å². The molecule has 0 aliphatic heterocycles. The first-order chi connectivity index (χ1) is 7.95. The second kappa shape index (κ2) is 5.54. The zero-order chi connectivity index (χ0) is 13.0. The van der Waals surface area contributed by atoms with Crippen molar-refractivity contribution in [3.8, 4) is 0 Å². The van der Waals surface area contributed by atoms with Gasteiger partial charge in [-0.15, -0.1) is 0 Å². The molecule has 0 aromatic heterocycles. The van der Waals surface area contributed by atoms with E-state index in [9.17, 15) is 9.59 Å². The van der Waals surface area contributed by atoms with Crippen molar-refractivity contribution in [3.63, 3.8) is 0 Å². The Kier molecular flexibility index (Phi) is 4.34. The summed E-state index contributed by atoms with van der Waals surface area (Å²) in [4.78, 5) is 24.1. The van der Waals surface area contributed by atoms with Crippen molar-refractivity contribution < 1.29 is 14.3 Å².